The summed E-state index contributed by atoms with van der Waals surface area (Å²) in [6, 6.07) is 5.65. The molecule has 3 aromatic rings. The van der Waals surface area contributed by atoms with Gasteiger partial charge in [-0.25, -0.2) is 9.18 Å². The van der Waals surface area contributed by atoms with Crippen LogP contribution < -0.4 is 0 Å². The first-order valence-corrected chi connectivity index (χ1v) is 5.03. The number of benzene rings is 1. The second-order valence-corrected chi connectivity index (χ2v) is 3.64. The molecule has 6 heteroatoms. The third-order valence-corrected chi connectivity index (χ3v) is 2.55. The maximum atomic E-state index is 13.8. The van der Waals surface area contributed by atoms with Gasteiger partial charge in [-0.05, 0) is 18.2 Å². The topological polar surface area (TPSA) is 76.5 Å². The molecule has 0 radical (unpaired) electrons. The van der Waals surface area contributed by atoms with E-state index < -0.39 is 11.8 Å². The number of carboxylic acid groups (broad SMARTS) is 1. The summed E-state index contributed by atoms with van der Waals surface area (Å²) >= 11 is 0. The molecule has 0 aliphatic heterocycles. The van der Waals surface area contributed by atoms with Crippen LogP contribution in [0.5, 0.6) is 0 Å². The summed E-state index contributed by atoms with van der Waals surface area (Å²) < 4.78 is 23.8. The van der Waals surface area contributed by atoms with E-state index >= 15 is 0 Å². The zero-order chi connectivity index (χ0) is 12.7. The van der Waals surface area contributed by atoms with Crippen molar-refractivity contribution in [3.05, 3.63) is 42.0 Å². The normalized spacial score (nSPS) is 10.9. The quantitative estimate of drug-likeness (QED) is 0.753. The number of halogens is 1. The summed E-state index contributed by atoms with van der Waals surface area (Å²) in [5, 5.41) is 12.8. The van der Waals surface area contributed by atoms with Gasteiger partial charge >= 0.3 is 5.97 Å². The van der Waals surface area contributed by atoms with Crippen LogP contribution in [-0.2, 0) is 0 Å². The van der Waals surface area contributed by atoms with E-state index in [2.05, 4.69) is 5.16 Å². The summed E-state index contributed by atoms with van der Waals surface area (Å²) in [7, 11) is 0. The number of hydrogen-bond donors (Lipinski definition) is 1. The first-order chi connectivity index (χ1) is 8.66. The van der Waals surface area contributed by atoms with Gasteiger partial charge < -0.3 is 14.0 Å². The molecule has 1 aromatic carbocycles. The predicted octanol–water partition coefficient (Wildman–Crippen LogP) is 2.93. The molecule has 0 aliphatic carbocycles. The van der Waals surface area contributed by atoms with Crippen LogP contribution in [0.25, 0.3) is 22.3 Å². The fourth-order valence-corrected chi connectivity index (χ4v) is 1.73. The van der Waals surface area contributed by atoms with E-state index in [-0.39, 0.29) is 17.0 Å². The highest BCUT2D eigenvalue weighted by Crippen LogP contribution is 2.32. The van der Waals surface area contributed by atoms with Gasteiger partial charge in [0.05, 0.1) is 11.8 Å². The third kappa shape index (κ3) is 1.46. The first kappa shape index (κ1) is 10.5. The molecule has 2 aromatic heterocycles. The lowest BCUT2D eigenvalue weighted by molar-refractivity contribution is 0.0686. The van der Waals surface area contributed by atoms with E-state index in [0.29, 0.717) is 11.0 Å². The Balaban J connectivity index is 2.26. The van der Waals surface area contributed by atoms with Gasteiger partial charge in [-0.1, -0.05) is 5.16 Å². The van der Waals surface area contributed by atoms with E-state index in [1.54, 1.807) is 12.1 Å². The van der Waals surface area contributed by atoms with Crippen molar-refractivity contribution in [3.8, 4) is 11.3 Å². The molecule has 0 amide bonds. The number of aromatic nitrogens is 1. The predicted molar refractivity (Wildman–Crippen MR) is 58.6 cm³/mol. The summed E-state index contributed by atoms with van der Waals surface area (Å²) in [5.41, 5.74) is 0.0774. The van der Waals surface area contributed by atoms with Crippen LogP contribution >= 0.6 is 0 Å². The van der Waals surface area contributed by atoms with Gasteiger partial charge in [0.2, 0.25) is 0 Å². The Morgan fingerprint density at radius 2 is 2.17 bits per heavy atom. The van der Waals surface area contributed by atoms with Gasteiger partial charge in [-0.3, -0.25) is 0 Å². The Kier molecular flexibility index (Phi) is 2.16. The van der Waals surface area contributed by atoms with Gasteiger partial charge in [-0.15, -0.1) is 0 Å². The Morgan fingerprint density at radius 1 is 1.33 bits per heavy atom. The molecule has 5 nitrogen and oxygen atoms in total. The Labute approximate surface area is 99.4 Å². The monoisotopic (exact) mass is 247 g/mol. The average Bonchev–Trinajstić information content (AvgIpc) is 2.95. The van der Waals surface area contributed by atoms with E-state index in [1.807, 2.05) is 0 Å². The highest BCUT2D eigenvalue weighted by molar-refractivity contribution is 5.93. The Morgan fingerprint density at radius 3 is 2.89 bits per heavy atom. The molecule has 0 saturated heterocycles. The minimum atomic E-state index is -1.24. The summed E-state index contributed by atoms with van der Waals surface area (Å²) in [6.07, 6.45) is 1.42. The molecule has 3 rings (SSSR count). The fraction of sp³-hybridized carbons (Fsp3) is 0. The number of carboxylic acids is 1. The molecular weight excluding hydrogens is 241 g/mol. The molecule has 0 atom stereocenters. The summed E-state index contributed by atoms with van der Waals surface area (Å²) in [6.45, 7) is 0. The number of carbonyl (C=O) groups is 1. The van der Waals surface area contributed by atoms with Crippen molar-refractivity contribution in [1.82, 2.24) is 5.16 Å². The second kappa shape index (κ2) is 3.69. The SMILES string of the molecule is O=C(O)c1cc(-c2c(F)ccc3ccoc23)on1. The van der Waals surface area contributed by atoms with E-state index in [9.17, 15) is 9.18 Å². The first-order valence-electron chi connectivity index (χ1n) is 5.03. The van der Waals surface area contributed by atoms with Crippen LogP contribution in [0.2, 0.25) is 0 Å². The number of fused-ring (bicyclic) bond motifs is 1. The van der Waals surface area contributed by atoms with Gasteiger partial charge in [0, 0.05) is 11.5 Å². The summed E-state index contributed by atoms with van der Waals surface area (Å²) in [4.78, 5) is 10.7. The fourth-order valence-electron chi connectivity index (χ4n) is 1.73. The number of rotatable bonds is 2. The molecular formula is C12H6FNO4. The Bertz CT molecular complexity index is 743. The average molecular weight is 247 g/mol. The van der Waals surface area contributed by atoms with E-state index in [1.165, 1.54) is 12.3 Å². The standard InChI is InChI=1S/C12H6FNO4/c13-7-2-1-6-3-4-17-11(6)10(7)9-5-8(12(15)16)14-18-9/h1-5H,(H,15,16). The lowest BCUT2D eigenvalue weighted by Gasteiger charge is -1.98. The lowest BCUT2D eigenvalue weighted by Crippen LogP contribution is -1.94. The van der Waals surface area contributed by atoms with Crippen molar-refractivity contribution in [1.29, 1.82) is 0 Å². The molecule has 0 fully saturated rings. The van der Waals surface area contributed by atoms with Gasteiger partial charge in [0.15, 0.2) is 11.5 Å². The van der Waals surface area contributed by atoms with Crippen LogP contribution in [0.3, 0.4) is 0 Å². The van der Waals surface area contributed by atoms with Crippen molar-refractivity contribution in [2.24, 2.45) is 0 Å². The van der Waals surface area contributed by atoms with Crippen molar-refractivity contribution < 1.29 is 23.2 Å². The van der Waals surface area contributed by atoms with Gasteiger partial charge in [0.1, 0.15) is 11.4 Å². The van der Waals surface area contributed by atoms with Crippen LogP contribution in [0.1, 0.15) is 10.5 Å². The molecule has 0 unspecified atom stereocenters. The summed E-state index contributed by atoms with van der Waals surface area (Å²) in [5.74, 6) is -1.78. The minimum absolute atomic E-state index is 0.0189. The molecule has 0 aliphatic rings. The molecule has 90 valence electrons. The zero-order valence-electron chi connectivity index (χ0n) is 8.88. The maximum Gasteiger partial charge on any atom is 0.358 e. The number of nitrogens with zero attached hydrogens (tertiary/aromatic N) is 1. The van der Waals surface area contributed by atoms with Crippen LogP contribution in [0.15, 0.2) is 39.5 Å². The smallest absolute Gasteiger partial charge is 0.358 e. The zero-order valence-corrected chi connectivity index (χ0v) is 8.88. The minimum Gasteiger partial charge on any atom is -0.476 e. The second-order valence-electron chi connectivity index (χ2n) is 3.64. The van der Waals surface area contributed by atoms with Crippen molar-refractivity contribution in [2.75, 3.05) is 0 Å². The Hall–Kier alpha value is -2.63. The van der Waals surface area contributed by atoms with Crippen LogP contribution in [0.4, 0.5) is 4.39 Å². The molecule has 0 bridgehead atoms. The van der Waals surface area contributed by atoms with Crippen LogP contribution in [0, 0.1) is 5.82 Å². The molecule has 2 heterocycles. The lowest BCUT2D eigenvalue weighted by atomic mass is 10.1. The molecule has 0 spiro atoms. The number of aromatic carboxylic acids is 1. The molecule has 0 saturated carbocycles. The van der Waals surface area contributed by atoms with Crippen molar-refractivity contribution >= 4 is 16.9 Å². The molecule has 18 heavy (non-hydrogen) atoms. The number of furan rings is 1. The number of hydrogen-bond acceptors (Lipinski definition) is 4. The maximum absolute atomic E-state index is 13.8. The van der Waals surface area contributed by atoms with E-state index in [0.717, 1.165) is 6.07 Å². The highest BCUT2D eigenvalue weighted by Gasteiger charge is 2.19. The highest BCUT2D eigenvalue weighted by atomic mass is 19.1. The van der Waals surface area contributed by atoms with Gasteiger partial charge in [-0.2, -0.15) is 0 Å². The largest absolute Gasteiger partial charge is 0.476 e. The van der Waals surface area contributed by atoms with Crippen LogP contribution in [-0.4, -0.2) is 16.2 Å². The van der Waals surface area contributed by atoms with E-state index in [4.69, 9.17) is 14.0 Å². The molecule has 1 N–H and O–H groups in total. The van der Waals surface area contributed by atoms with Gasteiger partial charge in [0.25, 0.3) is 0 Å². The van der Waals surface area contributed by atoms with Crippen molar-refractivity contribution in [3.63, 3.8) is 0 Å². The third-order valence-electron chi connectivity index (χ3n) is 2.55. The van der Waals surface area contributed by atoms with Crippen molar-refractivity contribution in [2.45, 2.75) is 0 Å².